The molecular weight excluding hydrogens is 562 g/mol. The minimum atomic E-state index is -4.65. The summed E-state index contributed by atoms with van der Waals surface area (Å²) in [7, 11) is -1.71. The van der Waals surface area contributed by atoms with Gasteiger partial charge in [0.05, 0.1) is 45.4 Å². The number of benzene rings is 2. The summed E-state index contributed by atoms with van der Waals surface area (Å²) < 4.78 is 60.4. The van der Waals surface area contributed by atoms with Gasteiger partial charge in [0.1, 0.15) is 12.7 Å². The van der Waals surface area contributed by atoms with Crippen LogP contribution < -0.4 is 5.32 Å². The van der Waals surface area contributed by atoms with E-state index >= 15 is 0 Å². The monoisotopic (exact) mass is 581 g/mol. The van der Waals surface area contributed by atoms with Crippen molar-refractivity contribution >= 4 is 42.2 Å². The van der Waals surface area contributed by atoms with E-state index in [1.807, 2.05) is 6.07 Å². The first-order valence-electron chi connectivity index (χ1n) is 11.8. The van der Waals surface area contributed by atoms with Crippen LogP contribution >= 0.6 is 8.25 Å². The van der Waals surface area contributed by atoms with Gasteiger partial charge in [-0.2, -0.15) is 18.4 Å². The van der Waals surface area contributed by atoms with E-state index in [1.54, 1.807) is 13.2 Å². The van der Waals surface area contributed by atoms with Crippen molar-refractivity contribution in [2.75, 3.05) is 11.9 Å². The maximum atomic E-state index is 14.1. The molecule has 5 aromatic rings. The average molecular weight is 581 g/mol. The highest BCUT2D eigenvalue weighted by Gasteiger charge is 2.35. The van der Waals surface area contributed by atoms with Crippen molar-refractivity contribution in [3.8, 4) is 17.2 Å². The van der Waals surface area contributed by atoms with Gasteiger partial charge in [0.2, 0.25) is 5.78 Å². The zero-order valence-electron chi connectivity index (χ0n) is 21.1. The molecule has 0 aliphatic carbocycles. The highest BCUT2D eigenvalue weighted by molar-refractivity contribution is 7.32. The number of ketones is 1. The molecule has 1 atom stereocenters. The number of imidazole rings is 1. The fourth-order valence-corrected chi connectivity index (χ4v) is 4.79. The number of fused-ring (bicyclic) bond motifs is 2. The molecule has 0 saturated carbocycles. The third-order valence-corrected chi connectivity index (χ3v) is 6.78. The van der Waals surface area contributed by atoms with Gasteiger partial charge in [0.15, 0.2) is 0 Å². The highest BCUT2D eigenvalue weighted by atomic mass is 31.1. The Morgan fingerprint density at radius 3 is 2.61 bits per heavy atom. The van der Waals surface area contributed by atoms with Gasteiger partial charge in [-0.3, -0.25) is 14.2 Å². The maximum absolute atomic E-state index is 14.1. The number of halogens is 3. The van der Waals surface area contributed by atoms with Crippen LogP contribution in [-0.2, 0) is 27.1 Å². The summed E-state index contributed by atoms with van der Waals surface area (Å²) in [4.78, 5) is 38.3. The summed E-state index contributed by atoms with van der Waals surface area (Å²) in [6, 6.07) is 14.3. The lowest BCUT2D eigenvalue weighted by atomic mass is 9.98. The van der Waals surface area contributed by atoms with Crippen LogP contribution in [0.25, 0.3) is 27.7 Å². The first-order chi connectivity index (χ1) is 19.5. The molecular formula is C27H19F3N5O5P. The topological polar surface area (TPSA) is 139 Å². The Hall–Kier alpha value is -4.76. The van der Waals surface area contributed by atoms with Gasteiger partial charge >= 0.3 is 14.4 Å². The summed E-state index contributed by atoms with van der Waals surface area (Å²) in [6.45, 7) is -0.707. The van der Waals surface area contributed by atoms with Crippen LogP contribution in [-0.4, -0.2) is 37.1 Å². The summed E-state index contributed by atoms with van der Waals surface area (Å²) in [5.74, 6) is -1.30. The van der Waals surface area contributed by atoms with Crippen molar-refractivity contribution in [2.24, 2.45) is 7.05 Å². The zero-order valence-corrected chi connectivity index (χ0v) is 22.1. The number of pyridine rings is 1. The molecule has 10 nitrogen and oxygen atoms in total. The van der Waals surface area contributed by atoms with Crippen LogP contribution in [0.2, 0.25) is 0 Å². The lowest BCUT2D eigenvalue weighted by Crippen LogP contribution is -2.17. The second-order valence-corrected chi connectivity index (χ2v) is 9.76. The molecule has 3 heterocycles. The number of aryl methyl sites for hydroxylation is 1. The Bertz CT molecular complexity index is 1920. The predicted molar refractivity (Wildman–Crippen MR) is 142 cm³/mol. The van der Waals surface area contributed by atoms with E-state index in [1.165, 1.54) is 63.8 Å². The highest BCUT2D eigenvalue weighted by Crippen LogP contribution is 2.41. The molecule has 0 aliphatic rings. The Kier molecular flexibility index (Phi) is 7.23. The van der Waals surface area contributed by atoms with Crippen LogP contribution in [0.5, 0.6) is 0 Å². The van der Waals surface area contributed by atoms with Crippen molar-refractivity contribution in [3.63, 3.8) is 0 Å². The molecule has 5 rings (SSSR count). The molecule has 1 unspecified atom stereocenters. The minimum absolute atomic E-state index is 0.0547. The third-order valence-electron chi connectivity index (χ3n) is 6.39. The number of anilines is 1. The maximum Gasteiger partial charge on any atom is 0.417 e. The quantitative estimate of drug-likeness (QED) is 0.205. The van der Waals surface area contributed by atoms with E-state index in [2.05, 4.69) is 14.8 Å². The first kappa shape index (κ1) is 27.8. The number of nitrogens with one attached hydrogen (secondary N) is 1. The molecule has 0 fully saturated rings. The lowest BCUT2D eigenvalue weighted by Gasteiger charge is -2.15. The van der Waals surface area contributed by atoms with Gasteiger partial charge in [-0.15, -0.1) is 0 Å². The van der Waals surface area contributed by atoms with Gasteiger partial charge in [-0.05, 0) is 54.1 Å². The number of carbonyl (C=O) groups excluding carboxylic acids is 2. The molecule has 1 amide bonds. The second-order valence-electron chi connectivity index (χ2n) is 8.94. The predicted octanol–water partition coefficient (Wildman–Crippen LogP) is 4.95. The largest absolute Gasteiger partial charge is 0.417 e. The summed E-state index contributed by atoms with van der Waals surface area (Å²) in [6.07, 6.45) is -1.67. The number of nitriles is 1. The fraction of sp³-hybridized carbons (Fsp3) is 0.111. The Morgan fingerprint density at radius 1 is 1.12 bits per heavy atom. The molecule has 0 saturated heterocycles. The number of alkyl halides is 3. The molecule has 0 aliphatic heterocycles. The molecule has 14 heteroatoms. The molecule has 0 radical (unpaired) electrons. The lowest BCUT2D eigenvalue weighted by molar-refractivity contribution is -0.137. The van der Waals surface area contributed by atoms with Crippen molar-refractivity contribution in [3.05, 3.63) is 89.5 Å². The smallest absolute Gasteiger partial charge is 0.334 e. The summed E-state index contributed by atoms with van der Waals surface area (Å²) in [5.41, 5.74) is 0.599. The molecule has 2 N–H and O–H groups in total. The van der Waals surface area contributed by atoms with E-state index in [4.69, 9.17) is 4.89 Å². The van der Waals surface area contributed by atoms with Gasteiger partial charge < -0.3 is 23.7 Å². The Morgan fingerprint density at radius 2 is 1.90 bits per heavy atom. The number of hydrogen-bond acceptors (Lipinski definition) is 6. The molecule has 3 aromatic heterocycles. The van der Waals surface area contributed by atoms with Gasteiger partial charge in [-0.25, -0.2) is 4.98 Å². The van der Waals surface area contributed by atoms with Gasteiger partial charge in [-0.1, -0.05) is 6.07 Å². The zero-order chi connectivity index (χ0) is 29.5. The van der Waals surface area contributed by atoms with E-state index < -0.39 is 38.3 Å². The van der Waals surface area contributed by atoms with Crippen LogP contribution in [0.3, 0.4) is 0 Å². The molecule has 41 heavy (non-hydrogen) atoms. The standard InChI is InChI=1S/C27H19F3N5O5P/c1-34-14-32-21-10-18(19(11-24(21)34)27(28,29)30)17-3-2-8-35-22(17)6-7-23(35)26(37)15-4-5-20(16(9-15)12-31)33-25(36)13-40-41(38)39/h2-11,14,41H,13H2,1H3,(H,33,36)(H,38,39). The third kappa shape index (κ3) is 5.36. The number of aromatic nitrogens is 3. The number of rotatable bonds is 7. The minimum Gasteiger partial charge on any atom is -0.334 e. The van der Waals surface area contributed by atoms with Crippen molar-refractivity contribution in [2.45, 2.75) is 6.18 Å². The normalized spacial score (nSPS) is 12.4. The van der Waals surface area contributed by atoms with Crippen molar-refractivity contribution < 1.29 is 36.7 Å². The van der Waals surface area contributed by atoms with Gasteiger partial charge in [0, 0.05) is 24.4 Å². The van der Waals surface area contributed by atoms with E-state index in [0.29, 0.717) is 16.6 Å². The molecule has 0 spiro atoms. The number of nitrogens with zero attached hydrogens (tertiary/aromatic N) is 4. The van der Waals surface area contributed by atoms with Crippen molar-refractivity contribution in [1.29, 1.82) is 5.26 Å². The number of hydrogen-bond donors (Lipinski definition) is 2. The molecule has 2 aromatic carbocycles. The Balaban J connectivity index is 1.54. The number of amides is 1. The van der Waals surface area contributed by atoms with Gasteiger partial charge in [0.25, 0.3) is 5.91 Å². The van der Waals surface area contributed by atoms with E-state index in [-0.39, 0.29) is 33.6 Å². The Labute approximate surface area is 230 Å². The van der Waals surface area contributed by atoms with E-state index in [0.717, 1.165) is 6.07 Å². The van der Waals surface area contributed by atoms with Crippen LogP contribution in [0.1, 0.15) is 27.2 Å². The number of carbonyl (C=O) groups is 2. The van der Waals surface area contributed by atoms with Crippen LogP contribution in [0, 0.1) is 11.3 Å². The van der Waals surface area contributed by atoms with Crippen LogP contribution in [0.4, 0.5) is 18.9 Å². The molecule has 208 valence electrons. The SMILES string of the molecule is Cn1cnc2cc(-c3cccn4c(C(=O)c5ccc(NC(=O)CO[PH](=O)O)c(C#N)c5)ccc34)c(C(F)(F)F)cc21. The van der Waals surface area contributed by atoms with Crippen LogP contribution in [0.15, 0.2) is 67.1 Å². The fourth-order valence-electron chi connectivity index (χ4n) is 4.53. The summed E-state index contributed by atoms with van der Waals surface area (Å²) in [5, 5.41) is 11.9. The second kappa shape index (κ2) is 10.7. The average Bonchev–Trinajstić information content (AvgIpc) is 3.54. The summed E-state index contributed by atoms with van der Waals surface area (Å²) >= 11 is 0. The van der Waals surface area contributed by atoms with E-state index in [9.17, 15) is 32.6 Å². The molecule has 0 bridgehead atoms. The van der Waals surface area contributed by atoms with Crippen molar-refractivity contribution in [1.82, 2.24) is 14.0 Å². The first-order valence-corrected chi connectivity index (χ1v) is 13.1.